The molecule has 118 valence electrons. The maximum Gasteiger partial charge on any atom is 0.265 e. The summed E-state index contributed by atoms with van der Waals surface area (Å²) in [5.41, 5.74) is 3.51. The molecule has 0 saturated heterocycles. The van der Waals surface area contributed by atoms with Crippen molar-refractivity contribution < 1.29 is 14.3 Å². The molecule has 0 fully saturated rings. The van der Waals surface area contributed by atoms with Crippen LogP contribution >= 0.6 is 0 Å². The normalized spacial score (nSPS) is 13.3. The van der Waals surface area contributed by atoms with Crippen LogP contribution in [0.2, 0.25) is 0 Å². The Balaban J connectivity index is 1.76. The van der Waals surface area contributed by atoms with E-state index in [1.54, 1.807) is 12.1 Å². The van der Waals surface area contributed by atoms with E-state index in [1.165, 1.54) is 4.90 Å². The molecule has 3 rings (SSSR count). The van der Waals surface area contributed by atoms with Crippen molar-refractivity contribution in [2.45, 2.75) is 13.8 Å². The molecule has 1 aliphatic rings. The average Bonchev–Trinajstić information content (AvgIpc) is 2.53. The molecule has 1 aliphatic heterocycles. The van der Waals surface area contributed by atoms with Crippen LogP contribution in [0.4, 0.5) is 11.4 Å². The minimum atomic E-state index is -0.234. The average molecular weight is 310 g/mol. The summed E-state index contributed by atoms with van der Waals surface area (Å²) in [7, 11) is 0. The van der Waals surface area contributed by atoms with Crippen LogP contribution in [0, 0.1) is 13.8 Å². The maximum absolute atomic E-state index is 12.3. The number of nitrogens with zero attached hydrogens (tertiary/aromatic N) is 1. The van der Waals surface area contributed by atoms with Crippen molar-refractivity contribution in [3.05, 3.63) is 53.6 Å². The standard InChI is InChI=1S/C18H18N2O3/c1-12-7-8-14(13(2)9-12)19-17(21)10-20-15-5-3-4-6-16(15)23-11-18(20)22/h3-9H,10-11H2,1-2H3,(H,19,21). The Kier molecular flexibility index (Phi) is 4.02. The van der Waals surface area contributed by atoms with E-state index in [9.17, 15) is 9.59 Å². The van der Waals surface area contributed by atoms with Crippen LogP contribution < -0.4 is 15.0 Å². The summed E-state index contributed by atoms with van der Waals surface area (Å²) in [6.45, 7) is 3.86. The molecule has 0 saturated carbocycles. The second kappa shape index (κ2) is 6.12. The number of hydrogen-bond donors (Lipinski definition) is 1. The first kappa shape index (κ1) is 15.1. The van der Waals surface area contributed by atoms with Crippen LogP contribution in [0.25, 0.3) is 0 Å². The van der Waals surface area contributed by atoms with Gasteiger partial charge in [0.25, 0.3) is 5.91 Å². The molecule has 0 aromatic heterocycles. The van der Waals surface area contributed by atoms with E-state index in [2.05, 4.69) is 5.32 Å². The highest BCUT2D eigenvalue weighted by molar-refractivity contribution is 6.05. The zero-order valence-corrected chi connectivity index (χ0v) is 13.1. The SMILES string of the molecule is Cc1ccc(NC(=O)CN2C(=O)COc3ccccc32)c(C)c1. The van der Waals surface area contributed by atoms with Crippen LogP contribution in [0.1, 0.15) is 11.1 Å². The number of aryl methyl sites for hydroxylation is 2. The second-order valence-corrected chi connectivity index (χ2v) is 5.60. The molecule has 0 atom stereocenters. The molecule has 2 aromatic carbocycles. The van der Waals surface area contributed by atoms with Crippen molar-refractivity contribution in [3.63, 3.8) is 0 Å². The van der Waals surface area contributed by atoms with Gasteiger partial charge in [0.1, 0.15) is 12.3 Å². The zero-order chi connectivity index (χ0) is 16.4. The van der Waals surface area contributed by atoms with Gasteiger partial charge >= 0.3 is 0 Å². The predicted molar refractivity (Wildman–Crippen MR) is 88.8 cm³/mol. The van der Waals surface area contributed by atoms with Crippen molar-refractivity contribution in [1.29, 1.82) is 0 Å². The van der Waals surface area contributed by atoms with E-state index >= 15 is 0 Å². The first-order valence-electron chi connectivity index (χ1n) is 7.44. The lowest BCUT2D eigenvalue weighted by atomic mass is 10.1. The number of nitrogens with one attached hydrogen (secondary N) is 1. The number of carbonyl (C=O) groups excluding carboxylic acids is 2. The van der Waals surface area contributed by atoms with Gasteiger partial charge in [-0.25, -0.2) is 0 Å². The summed E-state index contributed by atoms with van der Waals surface area (Å²) >= 11 is 0. The topological polar surface area (TPSA) is 58.6 Å². The molecule has 0 radical (unpaired) electrons. The first-order chi connectivity index (χ1) is 11.0. The third kappa shape index (κ3) is 3.18. The highest BCUT2D eigenvalue weighted by atomic mass is 16.5. The number of anilines is 2. The zero-order valence-electron chi connectivity index (χ0n) is 13.1. The Hall–Kier alpha value is -2.82. The van der Waals surface area contributed by atoms with Gasteiger partial charge in [-0.05, 0) is 37.6 Å². The minimum Gasteiger partial charge on any atom is -0.482 e. The number of benzene rings is 2. The molecular weight excluding hydrogens is 292 g/mol. The Morgan fingerprint density at radius 2 is 2.00 bits per heavy atom. The molecule has 1 heterocycles. The number of hydrogen-bond acceptors (Lipinski definition) is 3. The highest BCUT2D eigenvalue weighted by Gasteiger charge is 2.26. The molecule has 2 aromatic rings. The molecular formula is C18H18N2O3. The fraction of sp³-hybridized carbons (Fsp3) is 0.222. The van der Waals surface area contributed by atoms with Crippen molar-refractivity contribution in [3.8, 4) is 5.75 Å². The number of amides is 2. The number of ether oxygens (including phenoxy) is 1. The first-order valence-corrected chi connectivity index (χ1v) is 7.44. The number of fused-ring (bicyclic) bond motifs is 1. The molecule has 5 heteroatoms. The summed E-state index contributed by atoms with van der Waals surface area (Å²) in [6, 6.07) is 13.0. The van der Waals surface area contributed by atoms with E-state index in [1.807, 2.05) is 44.2 Å². The van der Waals surface area contributed by atoms with E-state index in [-0.39, 0.29) is 25.0 Å². The minimum absolute atomic E-state index is 0.0352. The second-order valence-electron chi connectivity index (χ2n) is 5.60. The molecule has 0 spiro atoms. The van der Waals surface area contributed by atoms with Crippen molar-refractivity contribution >= 4 is 23.2 Å². The van der Waals surface area contributed by atoms with E-state index < -0.39 is 0 Å². The fourth-order valence-electron chi connectivity index (χ4n) is 2.61. The third-order valence-corrected chi connectivity index (χ3v) is 3.77. The lowest BCUT2D eigenvalue weighted by Crippen LogP contribution is -2.43. The van der Waals surface area contributed by atoms with Gasteiger partial charge in [0.05, 0.1) is 5.69 Å². The van der Waals surface area contributed by atoms with Gasteiger partial charge in [0.2, 0.25) is 5.91 Å². The Morgan fingerprint density at radius 1 is 1.22 bits per heavy atom. The van der Waals surface area contributed by atoms with Gasteiger partial charge in [-0.15, -0.1) is 0 Å². The van der Waals surface area contributed by atoms with Crippen LogP contribution in [0.15, 0.2) is 42.5 Å². The Bertz CT molecular complexity index is 771. The summed E-state index contributed by atoms with van der Waals surface area (Å²) in [5.74, 6) is 0.160. The van der Waals surface area contributed by atoms with Crippen LogP contribution in [-0.2, 0) is 9.59 Å². The fourth-order valence-corrected chi connectivity index (χ4v) is 2.61. The van der Waals surface area contributed by atoms with Gasteiger partial charge in [-0.2, -0.15) is 0 Å². The Morgan fingerprint density at radius 3 is 2.78 bits per heavy atom. The largest absolute Gasteiger partial charge is 0.482 e. The van der Waals surface area contributed by atoms with Gasteiger partial charge in [-0.3, -0.25) is 14.5 Å². The van der Waals surface area contributed by atoms with E-state index in [0.717, 1.165) is 16.8 Å². The molecule has 0 bridgehead atoms. The van der Waals surface area contributed by atoms with Crippen molar-refractivity contribution in [1.82, 2.24) is 0 Å². The summed E-state index contributed by atoms with van der Waals surface area (Å²) in [5, 5.41) is 2.86. The summed E-state index contributed by atoms with van der Waals surface area (Å²) < 4.78 is 5.38. The van der Waals surface area contributed by atoms with Gasteiger partial charge in [0, 0.05) is 5.69 Å². The smallest absolute Gasteiger partial charge is 0.265 e. The molecule has 0 aliphatic carbocycles. The van der Waals surface area contributed by atoms with E-state index in [4.69, 9.17) is 4.74 Å². The van der Waals surface area contributed by atoms with Crippen molar-refractivity contribution in [2.24, 2.45) is 0 Å². The molecule has 1 N–H and O–H groups in total. The van der Waals surface area contributed by atoms with Crippen LogP contribution in [0.3, 0.4) is 0 Å². The van der Waals surface area contributed by atoms with Crippen LogP contribution in [-0.4, -0.2) is 25.0 Å². The predicted octanol–water partition coefficient (Wildman–Crippen LogP) is 2.67. The van der Waals surface area contributed by atoms with Crippen LogP contribution in [0.5, 0.6) is 5.75 Å². The highest BCUT2D eigenvalue weighted by Crippen LogP contribution is 2.31. The number of carbonyl (C=O) groups is 2. The quantitative estimate of drug-likeness (QED) is 0.948. The Labute approximate surface area is 134 Å². The number of rotatable bonds is 3. The lowest BCUT2D eigenvalue weighted by Gasteiger charge is -2.28. The number of para-hydroxylation sites is 2. The summed E-state index contributed by atoms with van der Waals surface area (Å²) in [6.07, 6.45) is 0. The monoisotopic (exact) mass is 310 g/mol. The maximum atomic E-state index is 12.3. The van der Waals surface area contributed by atoms with Gasteiger partial charge in [0.15, 0.2) is 6.61 Å². The van der Waals surface area contributed by atoms with Gasteiger partial charge in [-0.1, -0.05) is 29.8 Å². The molecule has 23 heavy (non-hydrogen) atoms. The lowest BCUT2D eigenvalue weighted by molar-refractivity contribution is -0.123. The molecule has 5 nitrogen and oxygen atoms in total. The molecule has 2 amide bonds. The van der Waals surface area contributed by atoms with E-state index in [0.29, 0.717) is 11.4 Å². The molecule has 0 unspecified atom stereocenters. The van der Waals surface area contributed by atoms with Crippen molar-refractivity contribution in [2.75, 3.05) is 23.4 Å². The summed E-state index contributed by atoms with van der Waals surface area (Å²) in [4.78, 5) is 25.9. The third-order valence-electron chi connectivity index (χ3n) is 3.77. The van der Waals surface area contributed by atoms with Gasteiger partial charge < -0.3 is 10.1 Å².